The summed E-state index contributed by atoms with van der Waals surface area (Å²) in [7, 11) is 1.72. The van der Waals surface area contributed by atoms with Gasteiger partial charge in [-0.25, -0.2) is 0 Å². The van der Waals surface area contributed by atoms with E-state index < -0.39 is 0 Å². The molecule has 0 aromatic carbocycles. The van der Waals surface area contributed by atoms with Gasteiger partial charge in [-0.3, -0.25) is 4.99 Å². The third-order valence-corrected chi connectivity index (χ3v) is 1.19. The minimum absolute atomic E-state index is 0.835. The van der Waals surface area contributed by atoms with Crippen LogP contribution in [0.2, 0.25) is 0 Å². The minimum Gasteiger partial charge on any atom is -0.274 e. The zero-order chi connectivity index (χ0) is 7.40. The summed E-state index contributed by atoms with van der Waals surface area (Å²) in [5, 5.41) is 10.7. The lowest BCUT2D eigenvalue weighted by atomic mass is 10.4. The maximum atomic E-state index is 3.99. The fraction of sp³-hybridized carbons (Fsp3) is 0.600. The average molecular weight is 139 g/mol. The van der Waals surface area contributed by atoms with Crippen LogP contribution >= 0.6 is 0 Å². The van der Waals surface area contributed by atoms with Crippen molar-refractivity contribution in [2.45, 2.75) is 13.3 Å². The summed E-state index contributed by atoms with van der Waals surface area (Å²) in [4.78, 5) is 3.99. The Kier molecular flexibility index (Phi) is 2.09. The summed E-state index contributed by atoms with van der Waals surface area (Å²) in [6.45, 7) is 2.00. The van der Waals surface area contributed by atoms with Crippen LogP contribution in [0.15, 0.2) is 11.3 Å². The molecule has 0 bridgehead atoms. The van der Waals surface area contributed by atoms with Gasteiger partial charge in [0, 0.05) is 13.5 Å². The fourth-order valence-corrected chi connectivity index (χ4v) is 0.702. The molecule has 0 aliphatic carbocycles. The van der Waals surface area contributed by atoms with E-state index in [1.54, 1.807) is 11.7 Å². The lowest BCUT2D eigenvalue weighted by Crippen LogP contribution is -2.11. The Balaban J connectivity index is 2.85. The van der Waals surface area contributed by atoms with E-state index in [2.05, 4.69) is 20.5 Å². The average Bonchev–Trinajstić information content (AvgIpc) is 2.43. The predicted octanol–water partition coefficient (Wildman–Crippen LogP) is -0.0405. The van der Waals surface area contributed by atoms with E-state index in [1.165, 1.54) is 6.33 Å². The Labute approximate surface area is 58.8 Å². The zero-order valence-corrected chi connectivity index (χ0v) is 6.02. The molecule has 1 aromatic rings. The van der Waals surface area contributed by atoms with E-state index in [0.717, 1.165) is 12.3 Å². The summed E-state index contributed by atoms with van der Waals surface area (Å²) < 4.78 is 1.56. The van der Waals surface area contributed by atoms with Crippen molar-refractivity contribution >= 4 is 5.84 Å². The van der Waals surface area contributed by atoms with Gasteiger partial charge in [-0.15, -0.1) is 5.10 Å². The molecule has 0 aliphatic heterocycles. The van der Waals surface area contributed by atoms with E-state index in [9.17, 15) is 0 Å². The third kappa shape index (κ3) is 1.18. The second-order valence-corrected chi connectivity index (χ2v) is 1.75. The Hall–Kier alpha value is -1.26. The van der Waals surface area contributed by atoms with Crippen molar-refractivity contribution in [2.24, 2.45) is 4.99 Å². The molecule has 5 heteroatoms. The number of hydrogen-bond donors (Lipinski definition) is 0. The van der Waals surface area contributed by atoms with Crippen molar-refractivity contribution in [1.82, 2.24) is 20.2 Å². The van der Waals surface area contributed by atoms with E-state index in [0.29, 0.717) is 0 Å². The molecule has 0 radical (unpaired) electrons. The van der Waals surface area contributed by atoms with Crippen LogP contribution in [0.1, 0.15) is 13.3 Å². The first kappa shape index (κ1) is 6.85. The summed E-state index contributed by atoms with van der Waals surface area (Å²) in [5.74, 6) is 0.866. The molecule has 10 heavy (non-hydrogen) atoms. The molecule has 0 spiro atoms. The molecule has 0 atom stereocenters. The van der Waals surface area contributed by atoms with Gasteiger partial charge in [-0.05, 0) is 10.4 Å². The largest absolute Gasteiger partial charge is 0.274 e. The van der Waals surface area contributed by atoms with E-state index >= 15 is 0 Å². The van der Waals surface area contributed by atoms with Crippen LogP contribution in [-0.4, -0.2) is 33.1 Å². The summed E-state index contributed by atoms with van der Waals surface area (Å²) in [6, 6.07) is 0. The molecule has 54 valence electrons. The number of rotatable bonds is 1. The van der Waals surface area contributed by atoms with Crippen LogP contribution in [0, 0.1) is 0 Å². The molecule has 0 fully saturated rings. The Morgan fingerprint density at radius 2 is 2.50 bits per heavy atom. The van der Waals surface area contributed by atoms with Gasteiger partial charge in [0.1, 0.15) is 12.2 Å². The number of tetrazole rings is 1. The first-order chi connectivity index (χ1) is 4.88. The Morgan fingerprint density at radius 3 is 2.90 bits per heavy atom. The molecule has 1 aromatic heterocycles. The second-order valence-electron chi connectivity index (χ2n) is 1.75. The van der Waals surface area contributed by atoms with E-state index in [-0.39, 0.29) is 0 Å². The number of hydrogen-bond acceptors (Lipinski definition) is 4. The van der Waals surface area contributed by atoms with Gasteiger partial charge in [0.15, 0.2) is 0 Å². The van der Waals surface area contributed by atoms with Crippen LogP contribution in [-0.2, 0) is 0 Å². The number of nitrogens with zero attached hydrogens (tertiary/aromatic N) is 5. The van der Waals surface area contributed by atoms with Crippen molar-refractivity contribution in [3.63, 3.8) is 0 Å². The molecule has 0 saturated carbocycles. The standard InChI is InChI=1S/C5H9N5/c1-3-5(6-2)10-4-7-8-9-10/h4H,3H2,1-2H3. The predicted molar refractivity (Wildman–Crippen MR) is 36.9 cm³/mol. The van der Waals surface area contributed by atoms with Crippen molar-refractivity contribution in [3.05, 3.63) is 6.33 Å². The molecule has 1 rings (SSSR count). The van der Waals surface area contributed by atoms with Crippen LogP contribution < -0.4 is 0 Å². The fourth-order valence-electron chi connectivity index (χ4n) is 0.702. The minimum atomic E-state index is 0.835. The molecule has 0 N–H and O–H groups in total. The zero-order valence-electron chi connectivity index (χ0n) is 6.02. The molecular formula is C5H9N5. The van der Waals surface area contributed by atoms with Gasteiger partial charge in [0.05, 0.1) is 0 Å². The van der Waals surface area contributed by atoms with E-state index in [1.807, 2.05) is 6.92 Å². The molecule has 0 saturated heterocycles. The molecule has 1 heterocycles. The highest BCUT2D eigenvalue weighted by atomic mass is 15.5. The highest BCUT2D eigenvalue weighted by Gasteiger charge is 1.97. The van der Waals surface area contributed by atoms with Gasteiger partial charge in [-0.2, -0.15) is 4.68 Å². The molecular weight excluding hydrogens is 130 g/mol. The number of aliphatic imine (C=N–C) groups is 1. The van der Waals surface area contributed by atoms with E-state index in [4.69, 9.17) is 0 Å². The monoisotopic (exact) mass is 139 g/mol. The van der Waals surface area contributed by atoms with Crippen molar-refractivity contribution in [1.29, 1.82) is 0 Å². The third-order valence-electron chi connectivity index (χ3n) is 1.19. The normalized spacial score (nSPS) is 12.0. The Morgan fingerprint density at radius 1 is 1.70 bits per heavy atom. The molecule has 0 amide bonds. The van der Waals surface area contributed by atoms with Gasteiger partial charge >= 0.3 is 0 Å². The van der Waals surface area contributed by atoms with Gasteiger partial charge in [0.25, 0.3) is 0 Å². The maximum absolute atomic E-state index is 3.99. The molecule has 0 unspecified atom stereocenters. The van der Waals surface area contributed by atoms with Crippen LogP contribution in [0.4, 0.5) is 0 Å². The topological polar surface area (TPSA) is 56.0 Å². The maximum Gasteiger partial charge on any atom is 0.145 e. The SMILES string of the molecule is CCC(=NC)n1cnnn1. The summed E-state index contributed by atoms with van der Waals surface area (Å²) in [5.41, 5.74) is 0. The lowest BCUT2D eigenvalue weighted by Gasteiger charge is -1.96. The molecule has 5 nitrogen and oxygen atoms in total. The van der Waals surface area contributed by atoms with Gasteiger partial charge in [-0.1, -0.05) is 6.92 Å². The lowest BCUT2D eigenvalue weighted by molar-refractivity contribution is 0.805. The smallest absolute Gasteiger partial charge is 0.145 e. The molecule has 0 aliphatic rings. The van der Waals surface area contributed by atoms with Gasteiger partial charge in [0.2, 0.25) is 0 Å². The van der Waals surface area contributed by atoms with Crippen LogP contribution in [0.5, 0.6) is 0 Å². The highest BCUT2D eigenvalue weighted by Crippen LogP contribution is 1.86. The van der Waals surface area contributed by atoms with Crippen molar-refractivity contribution < 1.29 is 0 Å². The highest BCUT2D eigenvalue weighted by molar-refractivity contribution is 5.82. The Bertz CT molecular complexity index is 212. The van der Waals surface area contributed by atoms with Gasteiger partial charge < -0.3 is 0 Å². The summed E-state index contributed by atoms with van der Waals surface area (Å²) >= 11 is 0. The first-order valence-electron chi connectivity index (χ1n) is 3.07. The van der Waals surface area contributed by atoms with Crippen molar-refractivity contribution in [3.8, 4) is 0 Å². The second kappa shape index (κ2) is 3.05. The van der Waals surface area contributed by atoms with Crippen molar-refractivity contribution in [2.75, 3.05) is 7.05 Å². The first-order valence-corrected chi connectivity index (χ1v) is 3.07. The number of aromatic nitrogens is 4. The van der Waals surface area contributed by atoms with Crippen LogP contribution in [0.25, 0.3) is 0 Å². The summed E-state index contributed by atoms with van der Waals surface area (Å²) in [6.07, 6.45) is 2.37. The quantitative estimate of drug-likeness (QED) is 0.405. The van der Waals surface area contributed by atoms with Crippen LogP contribution in [0.3, 0.4) is 0 Å².